The van der Waals surface area contributed by atoms with Gasteiger partial charge in [0.1, 0.15) is 18.0 Å². The maximum atomic E-state index is 12.8. The zero-order valence-electron chi connectivity index (χ0n) is 10.3. The molecule has 21 heavy (non-hydrogen) atoms. The number of nitrogens with zero attached hydrogens (tertiary/aromatic N) is 4. The Labute approximate surface area is 116 Å². The topological polar surface area (TPSA) is 78.2 Å². The van der Waals surface area contributed by atoms with Crippen LogP contribution in [0.5, 0.6) is 0 Å². The highest BCUT2D eigenvalue weighted by molar-refractivity contribution is 5.94. The Morgan fingerprint density at radius 1 is 1.19 bits per heavy atom. The largest absolute Gasteiger partial charge is 0.417 e. The number of nitriles is 1. The van der Waals surface area contributed by atoms with E-state index in [1.165, 1.54) is 18.7 Å². The number of aromatic nitrogens is 4. The van der Waals surface area contributed by atoms with Gasteiger partial charge in [0.15, 0.2) is 0 Å². The van der Waals surface area contributed by atoms with Gasteiger partial charge in [0.25, 0.3) is 0 Å². The molecule has 0 aliphatic rings. The lowest BCUT2D eigenvalue weighted by Crippen LogP contribution is -2.05. The van der Waals surface area contributed by atoms with Crippen molar-refractivity contribution in [1.82, 2.24) is 19.9 Å². The van der Waals surface area contributed by atoms with Crippen LogP contribution in [0.15, 0.2) is 31.0 Å². The van der Waals surface area contributed by atoms with Crippen molar-refractivity contribution in [2.75, 3.05) is 0 Å². The van der Waals surface area contributed by atoms with Gasteiger partial charge in [-0.25, -0.2) is 15.0 Å². The second-order valence-corrected chi connectivity index (χ2v) is 4.22. The molecule has 5 nitrogen and oxygen atoms in total. The zero-order chi connectivity index (χ0) is 15.0. The van der Waals surface area contributed by atoms with E-state index < -0.39 is 11.7 Å². The first-order chi connectivity index (χ1) is 10.0. The number of rotatable bonds is 1. The fourth-order valence-electron chi connectivity index (χ4n) is 1.98. The van der Waals surface area contributed by atoms with Crippen LogP contribution in [0, 0.1) is 11.3 Å². The molecule has 0 unspecified atom stereocenters. The van der Waals surface area contributed by atoms with E-state index in [-0.39, 0.29) is 16.6 Å². The number of hydrogen-bond acceptors (Lipinski definition) is 4. The predicted octanol–water partition coefficient (Wildman–Crippen LogP) is 2.91. The van der Waals surface area contributed by atoms with Gasteiger partial charge in [0.2, 0.25) is 0 Å². The molecule has 0 amide bonds. The molecule has 3 heterocycles. The Balaban J connectivity index is 2.27. The molecule has 0 bridgehead atoms. The fraction of sp³-hybridized carbons (Fsp3) is 0.0769. The first-order valence-electron chi connectivity index (χ1n) is 5.75. The number of aromatic amines is 1. The minimum Gasteiger partial charge on any atom is -0.345 e. The minimum atomic E-state index is -4.49. The van der Waals surface area contributed by atoms with Gasteiger partial charge in [0.05, 0.1) is 16.8 Å². The Morgan fingerprint density at radius 3 is 2.71 bits per heavy atom. The number of nitrogens with one attached hydrogen (secondary N) is 1. The number of halogens is 3. The summed E-state index contributed by atoms with van der Waals surface area (Å²) in [5.74, 6) is 0. The molecule has 1 N–H and O–H groups in total. The number of alkyl halides is 3. The lowest BCUT2D eigenvalue weighted by molar-refractivity contribution is -0.137. The van der Waals surface area contributed by atoms with Crippen LogP contribution in [-0.4, -0.2) is 19.9 Å². The minimum absolute atomic E-state index is 0.177. The van der Waals surface area contributed by atoms with Crippen LogP contribution >= 0.6 is 0 Å². The summed E-state index contributed by atoms with van der Waals surface area (Å²) in [7, 11) is 0. The third-order valence-electron chi connectivity index (χ3n) is 2.95. The van der Waals surface area contributed by atoms with E-state index in [1.807, 2.05) is 6.07 Å². The van der Waals surface area contributed by atoms with Crippen LogP contribution < -0.4 is 0 Å². The summed E-state index contributed by atoms with van der Waals surface area (Å²) in [6.45, 7) is 0. The second kappa shape index (κ2) is 4.56. The number of fused-ring (bicyclic) bond motifs is 1. The molecule has 3 rings (SSSR count). The van der Waals surface area contributed by atoms with E-state index in [2.05, 4.69) is 19.9 Å². The van der Waals surface area contributed by atoms with E-state index in [9.17, 15) is 13.2 Å². The van der Waals surface area contributed by atoms with Crippen molar-refractivity contribution in [2.45, 2.75) is 6.18 Å². The van der Waals surface area contributed by atoms with Crippen molar-refractivity contribution in [3.8, 4) is 17.3 Å². The zero-order valence-corrected chi connectivity index (χ0v) is 10.3. The lowest BCUT2D eigenvalue weighted by Gasteiger charge is -2.06. The molecule has 0 spiro atoms. The number of H-pyrrole nitrogens is 1. The normalized spacial score (nSPS) is 11.5. The third kappa shape index (κ3) is 2.18. The van der Waals surface area contributed by atoms with E-state index in [1.54, 1.807) is 0 Å². The van der Waals surface area contributed by atoms with Gasteiger partial charge in [-0.1, -0.05) is 0 Å². The second-order valence-electron chi connectivity index (χ2n) is 4.22. The molecule has 0 atom stereocenters. The van der Waals surface area contributed by atoms with Crippen molar-refractivity contribution in [1.29, 1.82) is 5.26 Å². The first kappa shape index (κ1) is 13.1. The van der Waals surface area contributed by atoms with Crippen molar-refractivity contribution < 1.29 is 13.2 Å². The highest BCUT2D eigenvalue weighted by Gasteiger charge is 2.31. The van der Waals surface area contributed by atoms with E-state index in [0.29, 0.717) is 11.2 Å². The summed E-state index contributed by atoms with van der Waals surface area (Å²) in [6, 6.07) is 2.90. The quantitative estimate of drug-likeness (QED) is 0.747. The van der Waals surface area contributed by atoms with Crippen LogP contribution in [0.2, 0.25) is 0 Å². The van der Waals surface area contributed by atoms with Crippen LogP contribution in [0.3, 0.4) is 0 Å². The molecule has 3 aromatic heterocycles. The molecular weight excluding hydrogens is 283 g/mol. The van der Waals surface area contributed by atoms with Crippen LogP contribution in [0.4, 0.5) is 13.2 Å². The average molecular weight is 289 g/mol. The van der Waals surface area contributed by atoms with Crippen LogP contribution in [0.1, 0.15) is 11.1 Å². The van der Waals surface area contributed by atoms with Gasteiger partial charge in [0, 0.05) is 29.5 Å². The Bertz CT molecular complexity index is 860. The highest BCUT2D eigenvalue weighted by atomic mass is 19.4. The Morgan fingerprint density at radius 2 is 2.00 bits per heavy atom. The standard InChI is InChI=1S/C13H6F3N5/c14-13(15,16)8-1-9-10(5-20-12(9)19-4-8)11-7(2-17)3-18-6-21-11/h1,3-6H,(H,19,20). The van der Waals surface area contributed by atoms with Gasteiger partial charge in [-0.05, 0) is 6.07 Å². The summed E-state index contributed by atoms with van der Waals surface area (Å²) >= 11 is 0. The fourth-order valence-corrected chi connectivity index (χ4v) is 1.98. The highest BCUT2D eigenvalue weighted by Crippen LogP contribution is 2.34. The molecule has 0 aliphatic carbocycles. The van der Waals surface area contributed by atoms with Gasteiger partial charge in [-0.15, -0.1) is 0 Å². The molecule has 0 saturated carbocycles. The molecule has 0 aromatic carbocycles. The SMILES string of the molecule is N#Cc1cncnc1-c1c[nH]c2ncc(C(F)(F)F)cc12. The average Bonchev–Trinajstić information content (AvgIpc) is 2.89. The summed E-state index contributed by atoms with van der Waals surface area (Å²) in [5.41, 5.74) is 0.252. The molecule has 8 heteroatoms. The van der Waals surface area contributed by atoms with Crippen molar-refractivity contribution in [3.63, 3.8) is 0 Å². The smallest absolute Gasteiger partial charge is 0.345 e. The van der Waals surface area contributed by atoms with Crippen molar-refractivity contribution in [2.24, 2.45) is 0 Å². The summed E-state index contributed by atoms with van der Waals surface area (Å²) in [4.78, 5) is 14.2. The van der Waals surface area contributed by atoms with Crippen molar-refractivity contribution in [3.05, 3.63) is 42.1 Å². The summed E-state index contributed by atoms with van der Waals surface area (Å²) in [5, 5.41) is 9.29. The number of pyridine rings is 1. The van der Waals surface area contributed by atoms with Crippen LogP contribution in [-0.2, 0) is 6.18 Å². The van der Waals surface area contributed by atoms with Gasteiger partial charge >= 0.3 is 6.18 Å². The van der Waals surface area contributed by atoms with E-state index in [4.69, 9.17) is 5.26 Å². The maximum absolute atomic E-state index is 12.8. The lowest BCUT2D eigenvalue weighted by atomic mass is 10.1. The van der Waals surface area contributed by atoms with E-state index >= 15 is 0 Å². The predicted molar refractivity (Wildman–Crippen MR) is 66.8 cm³/mol. The molecule has 104 valence electrons. The third-order valence-corrected chi connectivity index (χ3v) is 2.95. The molecule has 0 aliphatic heterocycles. The van der Waals surface area contributed by atoms with Gasteiger partial charge < -0.3 is 4.98 Å². The first-order valence-corrected chi connectivity index (χ1v) is 5.75. The monoisotopic (exact) mass is 289 g/mol. The molecule has 0 radical (unpaired) electrons. The van der Waals surface area contributed by atoms with Crippen LogP contribution in [0.25, 0.3) is 22.3 Å². The van der Waals surface area contributed by atoms with E-state index in [0.717, 1.165) is 12.3 Å². The van der Waals surface area contributed by atoms with Gasteiger partial charge in [-0.3, -0.25) is 0 Å². The Kier molecular flexibility index (Phi) is 2.83. The van der Waals surface area contributed by atoms with Crippen molar-refractivity contribution >= 4 is 11.0 Å². The number of hydrogen-bond donors (Lipinski definition) is 1. The van der Waals surface area contributed by atoms with Gasteiger partial charge in [-0.2, -0.15) is 18.4 Å². The molecule has 0 fully saturated rings. The molecule has 3 aromatic rings. The summed E-state index contributed by atoms with van der Waals surface area (Å²) < 4.78 is 38.3. The summed E-state index contributed by atoms with van der Waals surface area (Å²) in [6.07, 6.45) is 0.284. The Hall–Kier alpha value is -2.95. The maximum Gasteiger partial charge on any atom is 0.417 e. The molecular formula is C13H6F3N5. The molecule has 0 saturated heterocycles.